The maximum atomic E-state index is 11.8. The van der Waals surface area contributed by atoms with Gasteiger partial charge in [-0.25, -0.2) is 4.79 Å². The summed E-state index contributed by atoms with van der Waals surface area (Å²) in [6.07, 6.45) is 2.47. The molecule has 1 aromatic heterocycles. The van der Waals surface area contributed by atoms with Gasteiger partial charge in [0.1, 0.15) is 5.75 Å². The number of hydrogen-bond donors (Lipinski definition) is 1. The van der Waals surface area contributed by atoms with Crippen molar-refractivity contribution in [3.05, 3.63) is 51.2 Å². The lowest BCUT2D eigenvalue weighted by Gasteiger charge is -2.10. The second-order valence-electron chi connectivity index (χ2n) is 5.07. The molecule has 0 spiro atoms. The molecule has 4 nitrogen and oxygen atoms in total. The smallest absolute Gasteiger partial charge is 0.336 e. The summed E-state index contributed by atoms with van der Waals surface area (Å²) in [6.45, 7) is 4.10. The average molecular weight is 332 g/mol. The quantitative estimate of drug-likeness (QED) is 0.609. The molecule has 0 radical (unpaired) electrons. The number of methoxy groups -OCH3 is 1. The van der Waals surface area contributed by atoms with Gasteiger partial charge in [-0.15, -0.1) is 11.3 Å². The number of carboxylic acids is 1. The van der Waals surface area contributed by atoms with Crippen LogP contribution in [0, 0.1) is 6.92 Å². The van der Waals surface area contributed by atoms with E-state index >= 15 is 0 Å². The zero-order chi connectivity index (χ0) is 16.8. The van der Waals surface area contributed by atoms with E-state index in [0.29, 0.717) is 5.75 Å². The Labute approximate surface area is 140 Å². The molecule has 0 aliphatic rings. The fraction of sp³-hybridized carbons (Fsp3) is 0.278. The highest BCUT2D eigenvalue weighted by Crippen LogP contribution is 2.30. The lowest BCUT2D eigenvalue weighted by Crippen LogP contribution is -2.03. The lowest BCUT2D eigenvalue weighted by molar-refractivity contribution is -0.130. The Morgan fingerprint density at radius 1 is 1.35 bits per heavy atom. The van der Waals surface area contributed by atoms with Crippen molar-refractivity contribution in [1.82, 2.24) is 0 Å². The van der Waals surface area contributed by atoms with Gasteiger partial charge in [0.05, 0.1) is 5.57 Å². The number of carbonyl (C=O) groups is 1. The minimum atomic E-state index is -0.947. The van der Waals surface area contributed by atoms with Gasteiger partial charge in [0.15, 0.2) is 6.79 Å². The van der Waals surface area contributed by atoms with E-state index in [1.165, 1.54) is 0 Å². The number of carboxylic acid groups (broad SMARTS) is 1. The normalized spacial score (nSPS) is 11.5. The predicted molar refractivity (Wildman–Crippen MR) is 92.9 cm³/mol. The summed E-state index contributed by atoms with van der Waals surface area (Å²) < 4.78 is 10.5. The molecule has 1 heterocycles. The van der Waals surface area contributed by atoms with Crippen LogP contribution in [0.3, 0.4) is 0 Å². The molecule has 0 aliphatic heterocycles. The van der Waals surface area contributed by atoms with E-state index in [1.54, 1.807) is 24.5 Å². The Kier molecular flexibility index (Phi) is 5.96. The van der Waals surface area contributed by atoms with E-state index < -0.39 is 5.97 Å². The molecule has 1 N–H and O–H groups in total. The minimum absolute atomic E-state index is 0.116. The minimum Gasteiger partial charge on any atom is -0.478 e. The molecule has 0 saturated carbocycles. The summed E-state index contributed by atoms with van der Waals surface area (Å²) in [5.74, 6) is -0.346. The van der Waals surface area contributed by atoms with Gasteiger partial charge in [-0.05, 0) is 43.0 Å². The van der Waals surface area contributed by atoms with E-state index in [-0.39, 0.29) is 12.4 Å². The summed E-state index contributed by atoms with van der Waals surface area (Å²) in [6, 6.07) is 7.51. The summed E-state index contributed by atoms with van der Waals surface area (Å²) in [5, 5.41) is 11.6. The van der Waals surface area contributed by atoms with E-state index in [9.17, 15) is 9.90 Å². The molecule has 2 aromatic rings. The first kappa shape index (κ1) is 17.2. The Hall–Kier alpha value is -2.11. The molecule has 0 aliphatic carbocycles. The van der Waals surface area contributed by atoms with E-state index in [1.807, 2.05) is 43.5 Å². The van der Waals surface area contributed by atoms with Crippen LogP contribution in [0.5, 0.6) is 5.75 Å². The molecule has 0 bridgehead atoms. The number of thiophene rings is 1. The van der Waals surface area contributed by atoms with Crippen molar-refractivity contribution in [2.75, 3.05) is 13.9 Å². The molecule has 1 aromatic carbocycles. The van der Waals surface area contributed by atoms with Crippen LogP contribution in [0.25, 0.3) is 11.6 Å². The first-order valence-corrected chi connectivity index (χ1v) is 8.18. The summed E-state index contributed by atoms with van der Waals surface area (Å²) in [7, 11) is 1.55. The average Bonchev–Trinajstić information content (AvgIpc) is 2.99. The van der Waals surface area contributed by atoms with Crippen molar-refractivity contribution in [2.24, 2.45) is 0 Å². The molecule has 0 amide bonds. The van der Waals surface area contributed by atoms with Crippen LogP contribution in [0.1, 0.15) is 28.5 Å². The molecule has 0 unspecified atom stereocenters. The molecule has 5 heteroatoms. The van der Waals surface area contributed by atoms with Gasteiger partial charge < -0.3 is 14.6 Å². The number of aliphatic carboxylic acids is 1. The van der Waals surface area contributed by atoms with Crippen LogP contribution in [-0.4, -0.2) is 25.0 Å². The highest BCUT2D eigenvalue weighted by atomic mass is 32.1. The zero-order valence-corrected chi connectivity index (χ0v) is 14.3. The molecule has 23 heavy (non-hydrogen) atoms. The Balaban J connectivity index is 2.51. The fourth-order valence-corrected chi connectivity index (χ4v) is 3.14. The van der Waals surface area contributed by atoms with Crippen molar-refractivity contribution in [3.63, 3.8) is 0 Å². The van der Waals surface area contributed by atoms with Gasteiger partial charge in [0.25, 0.3) is 0 Å². The Morgan fingerprint density at radius 3 is 2.78 bits per heavy atom. The number of rotatable bonds is 7. The first-order valence-electron chi connectivity index (χ1n) is 7.31. The number of aryl methyl sites for hydroxylation is 2. The second kappa shape index (κ2) is 7.94. The Morgan fingerprint density at radius 2 is 2.13 bits per heavy atom. The highest BCUT2D eigenvalue weighted by Gasteiger charge is 2.16. The summed E-state index contributed by atoms with van der Waals surface area (Å²) >= 11 is 1.57. The molecule has 0 saturated heterocycles. The van der Waals surface area contributed by atoms with Gasteiger partial charge in [-0.1, -0.05) is 18.6 Å². The second-order valence-corrected chi connectivity index (χ2v) is 6.07. The van der Waals surface area contributed by atoms with Crippen LogP contribution < -0.4 is 4.74 Å². The lowest BCUT2D eigenvalue weighted by atomic mass is 10.0. The fourth-order valence-electron chi connectivity index (χ4n) is 2.30. The summed E-state index contributed by atoms with van der Waals surface area (Å²) in [5.41, 5.74) is 2.81. The van der Waals surface area contributed by atoms with Crippen LogP contribution in [0.15, 0.2) is 29.6 Å². The molecule has 122 valence electrons. The summed E-state index contributed by atoms with van der Waals surface area (Å²) in [4.78, 5) is 12.8. The van der Waals surface area contributed by atoms with Gasteiger partial charge in [0.2, 0.25) is 0 Å². The van der Waals surface area contributed by atoms with Gasteiger partial charge in [0, 0.05) is 23.1 Å². The topological polar surface area (TPSA) is 55.8 Å². The highest BCUT2D eigenvalue weighted by molar-refractivity contribution is 7.10. The molecular weight excluding hydrogens is 312 g/mol. The van der Waals surface area contributed by atoms with Crippen molar-refractivity contribution in [1.29, 1.82) is 0 Å². The van der Waals surface area contributed by atoms with Crippen molar-refractivity contribution in [2.45, 2.75) is 20.3 Å². The standard InChI is InChI=1S/C18H20O4S/c1-4-17-14(7-8-23-17)15(18(19)20)10-13-9-12(2)5-6-16(13)22-11-21-3/h5-10H,4,11H2,1-3H3,(H,19,20). The van der Waals surface area contributed by atoms with Gasteiger partial charge in [-0.3, -0.25) is 0 Å². The third kappa shape index (κ3) is 4.21. The third-order valence-corrected chi connectivity index (χ3v) is 4.45. The van der Waals surface area contributed by atoms with Crippen LogP contribution in [0.2, 0.25) is 0 Å². The first-order chi connectivity index (χ1) is 11.1. The van der Waals surface area contributed by atoms with E-state index in [2.05, 4.69) is 0 Å². The molecular formula is C18H20O4S. The maximum absolute atomic E-state index is 11.8. The van der Waals surface area contributed by atoms with Gasteiger partial charge in [-0.2, -0.15) is 0 Å². The van der Waals surface area contributed by atoms with Crippen molar-refractivity contribution < 1.29 is 19.4 Å². The van der Waals surface area contributed by atoms with Crippen LogP contribution in [-0.2, 0) is 16.0 Å². The predicted octanol–water partition coefficient (Wildman–Crippen LogP) is 4.23. The number of benzene rings is 1. The number of hydrogen-bond acceptors (Lipinski definition) is 4. The monoisotopic (exact) mass is 332 g/mol. The van der Waals surface area contributed by atoms with Crippen molar-refractivity contribution in [3.8, 4) is 5.75 Å². The SMILES string of the molecule is CCc1sccc1C(=Cc1cc(C)ccc1OCOC)C(=O)O. The van der Waals surface area contributed by atoms with E-state index in [0.717, 1.165) is 28.0 Å². The zero-order valence-electron chi connectivity index (χ0n) is 13.5. The Bertz CT molecular complexity index is 716. The van der Waals surface area contributed by atoms with Crippen LogP contribution in [0.4, 0.5) is 0 Å². The van der Waals surface area contributed by atoms with Gasteiger partial charge >= 0.3 is 5.97 Å². The van der Waals surface area contributed by atoms with Crippen molar-refractivity contribution >= 4 is 29.0 Å². The third-order valence-electron chi connectivity index (χ3n) is 3.38. The molecule has 0 atom stereocenters. The maximum Gasteiger partial charge on any atom is 0.336 e. The molecule has 0 fully saturated rings. The molecule has 2 rings (SSSR count). The van der Waals surface area contributed by atoms with Crippen LogP contribution >= 0.6 is 11.3 Å². The number of ether oxygens (including phenoxy) is 2. The van der Waals surface area contributed by atoms with E-state index in [4.69, 9.17) is 9.47 Å². The largest absolute Gasteiger partial charge is 0.478 e.